The number of hydrogen-bond acceptors (Lipinski definition) is 4. The highest BCUT2D eigenvalue weighted by molar-refractivity contribution is 7.99. The third-order valence-electron chi connectivity index (χ3n) is 1.93. The monoisotopic (exact) mass is 221 g/mol. The standard InChI is InChI=1S/C11H15N3S/c1-9(7-11(2,13)8-12)15-10-5-3-4-6-14-10/h3-6,9H,7,13H2,1-2H3. The molecule has 2 atom stereocenters. The van der Waals surface area contributed by atoms with E-state index in [1.807, 2.05) is 18.2 Å². The quantitative estimate of drug-likeness (QED) is 0.792. The minimum Gasteiger partial charge on any atom is -0.314 e. The normalized spacial score (nSPS) is 16.4. The van der Waals surface area contributed by atoms with Crippen LogP contribution in [0.4, 0.5) is 0 Å². The van der Waals surface area contributed by atoms with E-state index in [4.69, 9.17) is 11.0 Å². The van der Waals surface area contributed by atoms with Crippen molar-refractivity contribution in [1.29, 1.82) is 5.26 Å². The molecule has 1 heterocycles. The zero-order chi connectivity index (χ0) is 11.3. The van der Waals surface area contributed by atoms with Crippen LogP contribution in [0.15, 0.2) is 29.4 Å². The first-order valence-corrected chi connectivity index (χ1v) is 5.69. The van der Waals surface area contributed by atoms with E-state index >= 15 is 0 Å². The van der Waals surface area contributed by atoms with Gasteiger partial charge >= 0.3 is 0 Å². The minimum absolute atomic E-state index is 0.287. The number of nitriles is 1. The molecule has 0 aromatic carbocycles. The predicted octanol–water partition coefficient (Wildman–Crippen LogP) is 2.19. The number of aromatic nitrogens is 1. The fraction of sp³-hybridized carbons (Fsp3) is 0.455. The Kier molecular flexibility index (Phi) is 4.13. The molecular weight excluding hydrogens is 206 g/mol. The van der Waals surface area contributed by atoms with Gasteiger partial charge in [0.05, 0.1) is 11.1 Å². The van der Waals surface area contributed by atoms with E-state index in [0.717, 1.165) is 5.03 Å². The molecule has 1 rings (SSSR count). The van der Waals surface area contributed by atoms with E-state index in [-0.39, 0.29) is 5.25 Å². The summed E-state index contributed by atoms with van der Waals surface area (Å²) in [7, 11) is 0. The van der Waals surface area contributed by atoms with Crippen molar-refractivity contribution in [2.24, 2.45) is 5.73 Å². The number of nitrogens with zero attached hydrogens (tertiary/aromatic N) is 2. The van der Waals surface area contributed by atoms with E-state index in [9.17, 15) is 0 Å². The molecule has 0 saturated heterocycles. The van der Waals surface area contributed by atoms with Crippen LogP contribution in [0.2, 0.25) is 0 Å². The Morgan fingerprint density at radius 2 is 2.40 bits per heavy atom. The summed E-state index contributed by atoms with van der Waals surface area (Å²) in [6.45, 7) is 3.81. The van der Waals surface area contributed by atoms with Crippen LogP contribution in [0.3, 0.4) is 0 Å². The highest BCUT2D eigenvalue weighted by Gasteiger charge is 2.21. The summed E-state index contributed by atoms with van der Waals surface area (Å²) < 4.78 is 0. The van der Waals surface area contributed by atoms with Crippen molar-refractivity contribution in [2.45, 2.75) is 36.1 Å². The van der Waals surface area contributed by atoms with E-state index in [1.54, 1.807) is 24.9 Å². The maximum Gasteiger partial charge on any atom is 0.102 e. The Balaban J connectivity index is 2.51. The Hall–Kier alpha value is -1.05. The molecule has 2 N–H and O–H groups in total. The van der Waals surface area contributed by atoms with Crippen molar-refractivity contribution < 1.29 is 0 Å². The van der Waals surface area contributed by atoms with Crippen molar-refractivity contribution >= 4 is 11.8 Å². The van der Waals surface area contributed by atoms with Crippen LogP contribution in [0, 0.1) is 11.3 Å². The average molecular weight is 221 g/mol. The van der Waals surface area contributed by atoms with Crippen molar-refractivity contribution in [3.05, 3.63) is 24.4 Å². The van der Waals surface area contributed by atoms with Gasteiger partial charge < -0.3 is 5.73 Å². The first-order chi connectivity index (χ1) is 7.03. The van der Waals surface area contributed by atoms with E-state index < -0.39 is 5.54 Å². The summed E-state index contributed by atoms with van der Waals surface area (Å²) in [4.78, 5) is 4.21. The molecule has 0 spiro atoms. The van der Waals surface area contributed by atoms with Gasteiger partial charge in [-0.3, -0.25) is 0 Å². The van der Waals surface area contributed by atoms with E-state index in [1.165, 1.54) is 0 Å². The Morgan fingerprint density at radius 3 is 2.93 bits per heavy atom. The molecule has 0 aliphatic carbocycles. The number of hydrogen-bond donors (Lipinski definition) is 1. The lowest BCUT2D eigenvalue weighted by Crippen LogP contribution is -2.36. The smallest absolute Gasteiger partial charge is 0.102 e. The van der Waals surface area contributed by atoms with Gasteiger partial charge in [0.15, 0.2) is 0 Å². The van der Waals surface area contributed by atoms with Crippen LogP contribution in [-0.4, -0.2) is 15.8 Å². The summed E-state index contributed by atoms with van der Waals surface area (Å²) in [6, 6.07) is 7.90. The summed E-state index contributed by atoms with van der Waals surface area (Å²) in [5, 5.41) is 10.1. The second-order valence-electron chi connectivity index (χ2n) is 3.83. The lowest BCUT2D eigenvalue weighted by Gasteiger charge is -2.19. The fourth-order valence-electron chi connectivity index (χ4n) is 1.31. The van der Waals surface area contributed by atoms with Crippen LogP contribution in [0.25, 0.3) is 0 Å². The lowest BCUT2D eigenvalue weighted by molar-refractivity contribution is 0.545. The van der Waals surface area contributed by atoms with Gasteiger partial charge in [0, 0.05) is 11.4 Å². The first kappa shape index (κ1) is 12.0. The summed E-state index contributed by atoms with van der Waals surface area (Å²) in [6.07, 6.45) is 2.42. The van der Waals surface area contributed by atoms with Gasteiger partial charge in [-0.1, -0.05) is 13.0 Å². The Bertz CT molecular complexity index is 343. The molecule has 1 aromatic heterocycles. The lowest BCUT2D eigenvalue weighted by atomic mass is 10.00. The van der Waals surface area contributed by atoms with Gasteiger partial charge in [0.2, 0.25) is 0 Å². The molecule has 0 aliphatic rings. The molecule has 0 radical (unpaired) electrons. The second-order valence-corrected chi connectivity index (χ2v) is 5.29. The van der Waals surface area contributed by atoms with Gasteiger partial charge in [0.25, 0.3) is 0 Å². The fourth-order valence-corrected chi connectivity index (χ4v) is 2.43. The van der Waals surface area contributed by atoms with Gasteiger partial charge in [-0.2, -0.15) is 5.26 Å². The third-order valence-corrected chi connectivity index (χ3v) is 2.98. The van der Waals surface area contributed by atoms with Crippen molar-refractivity contribution in [3.8, 4) is 6.07 Å². The number of rotatable bonds is 4. The molecule has 4 heteroatoms. The Labute approximate surface area is 94.7 Å². The number of thioether (sulfide) groups is 1. The third kappa shape index (κ3) is 4.32. The number of nitrogens with two attached hydrogens (primary N) is 1. The topological polar surface area (TPSA) is 62.7 Å². The van der Waals surface area contributed by atoms with Gasteiger partial charge in [0.1, 0.15) is 5.54 Å². The Morgan fingerprint density at radius 1 is 1.67 bits per heavy atom. The molecule has 0 amide bonds. The van der Waals surface area contributed by atoms with Crippen LogP contribution in [-0.2, 0) is 0 Å². The van der Waals surface area contributed by atoms with Crippen LogP contribution >= 0.6 is 11.8 Å². The second kappa shape index (κ2) is 5.15. The average Bonchev–Trinajstić information content (AvgIpc) is 2.18. The van der Waals surface area contributed by atoms with Crippen molar-refractivity contribution in [3.63, 3.8) is 0 Å². The molecule has 3 nitrogen and oxygen atoms in total. The van der Waals surface area contributed by atoms with Crippen LogP contribution in [0.1, 0.15) is 20.3 Å². The molecule has 0 bridgehead atoms. The van der Waals surface area contributed by atoms with Gasteiger partial charge in [-0.25, -0.2) is 4.98 Å². The number of pyridine rings is 1. The van der Waals surface area contributed by atoms with Crippen molar-refractivity contribution in [1.82, 2.24) is 4.98 Å². The summed E-state index contributed by atoms with van der Waals surface area (Å²) in [5.41, 5.74) is 5.03. The maximum absolute atomic E-state index is 8.81. The summed E-state index contributed by atoms with van der Waals surface area (Å²) in [5.74, 6) is 0. The zero-order valence-corrected chi connectivity index (χ0v) is 9.79. The van der Waals surface area contributed by atoms with E-state index in [2.05, 4.69) is 18.0 Å². The molecular formula is C11H15N3S. The largest absolute Gasteiger partial charge is 0.314 e. The zero-order valence-electron chi connectivity index (χ0n) is 8.97. The molecule has 0 fully saturated rings. The maximum atomic E-state index is 8.81. The molecule has 80 valence electrons. The van der Waals surface area contributed by atoms with Gasteiger partial charge in [-0.15, -0.1) is 11.8 Å². The first-order valence-electron chi connectivity index (χ1n) is 4.81. The highest BCUT2D eigenvalue weighted by atomic mass is 32.2. The predicted molar refractivity (Wildman–Crippen MR) is 62.4 cm³/mol. The minimum atomic E-state index is -0.749. The van der Waals surface area contributed by atoms with Gasteiger partial charge in [-0.05, 0) is 25.5 Å². The molecule has 2 unspecified atom stereocenters. The highest BCUT2D eigenvalue weighted by Crippen LogP contribution is 2.25. The van der Waals surface area contributed by atoms with E-state index in [0.29, 0.717) is 6.42 Å². The molecule has 1 aromatic rings. The molecule has 0 aliphatic heterocycles. The summed E-state index contributed by atoms with van der Waals surface area (Å²) >= 11 is 1.64. The van der Waals surface area contributed by atoms with Crippen molar-refractivity contribution in [2.75, 3.05) is 0 Å². The SMILES string of the molecule is CC(CC(C)(N)C#N)Sc1ccccn1. The molecule has 15 heavy (non-hydrogen) atoms. The van der Waals surface area contributed by atoms with Crippen LogP contribution < -0.4 is 5.73 Å². The van der Waals surface area contributed by atoms with Crippen LogP contribution in [0.5, 0.6) is 0 Å². The molecule has 0 saturated carbocycles.